The highest BCUT2D eigenvalue weighted by atomic mass is 32.2. The first kappa shape index (κ1) is 13.7. The lowest BCUT2D eigenvalue weighted by atomic mass is 9.84. The van der Waals surface area contributed by atoms with Gasteiger partial charge in [0.2, 0.25) is 0 Å². The summed E-state index contributed by atoms with van der Waals surface area (Å²) in [5, 5.41) is 3.48. The van der Waals surface area contributed by atoms with Crippen LogP contribution in [0.5, 0.6) is 0 Å². The summed E-state index contributed by atoms with van der Waals surface area (Å²) >= 11 is -0.912. The van der Waals surface area contributed by atoms with Gasteiger partial charge in [0.1, 0.15) is 4.75 Å². The van der Waals surface area contributed by atoms with Crippen molar-refractivity contribution in [3.05, 3.63) is 0 Å². The number of rotatable bonds is 3. The van der Waals surface area contributed by atoms with Crippen molar-refractivity contribution in [2.24, 2.45) is 11.3 Å². The average molecular weight is 258 g/mol. The predicted octanol–water partition coefficient (Wildman–Crippen LogP) is 1.82. The molecule has 0 radical (unpaired) electrons. The average Bonchev–Trinajstić information content (AvgIpc) is 2.85. The molecule has 2 fully saturated rings. The Balaban J connectivity index is 1.75. The molecular weight excluding hydrogens is 232 g/mol. The van der Waals surface area contributed by atoms with Crippen molar-refractivity contribution in [2.75, 3.05) is 19.6 Å². The molecule has 1 saturated heterocycles. The molecule has 2 unspecified atom stereocenters. The van der Waals surface area contributed by atoms with Gasteiger partial charge in [0, 0.05) is 24.5 Å². The van der Waals surface area contributed by atoms with Crippen LogP contribution in [0.3, 0.4) is 0 Å². The molecule has 0 aromatic carbocycles. The van der Waals surface area contributed by atoms with Gasteiger partial charge in [-0.05, 0) is 64.3 Å². The second-order valence-corrected chi connectivity index (χ2v) is 8.82. The molecule has 2 rings (SSSR count). The molecule has 0 bridgehead atoms. The van der Waals surface area contributed by atoms with Crippen LogP contribution >= 0.6 is 0 Å². The first-order chi connectivity index (χ1) is 7.91. The smallest absolute Gasteiger partial charge is 0.136 e. The first-order valence-corrected chi connectivity index (χ1v) is 7.92. The standard InChI is InChI=1S/C13H26N2OS/c1-12(2,3)17(16)15-9-11-4-5-13(8-11)6-7-14-10-13/h11,14-15H,4-10H2,1-3H3/t11?,13?,17-/m1/s1. The van der Waals surface area contributed by atoms with E-state index < -0.39 is 11.4 Å². The molecule has 0 aromatic heterocycles. The van der Waals surface area contributed by atoms with Gasteiger partial charge in [-0.1, -0.05) is 0 Å². The maximum Gasteiger partial charge on any atom is 0.136 e. The molecule has 4 heteroatoms. The van der Waals surface area contributed by atoms with E-state index in [2.05, 4.69) is 10.0 Å². The fraction of sp³-hybridized carbons (Fsp3) is 1.00. The van der Waals surface area contributed by atoms with Crippen molar-refractivity contribution >= 4 is 11.4 Å². The summed E-state index contributed by atoms with van der Waals surface area (Å²) in [7, 11) is 0. The first-order valence-electron chi connectivity index (χ1n) is 6.77. The van der Waals surface area contributed by atoms with Crippen LogP contribution in [0.25, 0.3) is 0 Å². The Morgan fingerprint density at radius 2 is 2.18 bits per heavy atom. The molecular formula is C13H26N2OS. The van der Waals surface area contributed by atoms with Gasteiger partial charge in [-0.15, -0.1) is 4.72 Å². The zero-order valence-electron chi connectivity index (χ0n) is 11.3. The second-order valence-electron chi connectivity index (χ2n) is 6.77. The molecule has 0 amide bonds. The SMILES string of the molecule is CC(C)(C)[S@@+]([O-])NCC1CCC2(CCNC2)C1. The monoisotopic (exact) mass is 258 g/mol. The summed E-state index contributed by atoms with van der Waals surface area (Å²) in [5.41, 5.74) is 0.579. The number of hydrogen-bond donors (Lipinski definition) is 2. The molecule has 1 spiro atoms. The predicted molar refractivity (Wildman–Crippen MR) is 73.2 cm³/mol. The summed E-state index contributed by atoms with van der Waals surface area (Å²) in [6, 6.07) is 0. The number of hydrogen-bond acceptors (Lipinski definition) is 3. The van der Waals surface area contributed by atoms with Crippen molar-refractivity contribution in [3.8, 4) is 0 Å². The minimum atomic E-state index is -0.912. The zero-order chi connectivity index (χ0) is 12.5. The Kier molecular flexibility index (Phi) is 4.08. The quantitative estimate of drug-likeness (QED) is 0.759. The summed E-state index contributed by atoms with van der Waals surface area (Å²) < 4.78 is 15.0. The molecule has 1 heterocycles. The Morgan fingerprint density at radius 1 is 1.41 bits per heavy atom. The molecule has 2 N–H and O–H groups in total. The van der Waals surface area contributed by atoms with E-state index in [0.29, 0.717) is 5.41 Å². The van der Waals surface area contributed by atoms with Crippen molar-refractivity contribution < 1.29 is 4.55 Å². The summed E-state index contributed by atoms with van der Waals surface area (Å²) in [6.07, 6.45) is 5.31. The van der Waals surface area contributed by atoms with Crippen molar-refractivity contribution in [1.29, 1.82) is 0 Å². The van der Waals surface area contributed by atoms with Crippen LogP contribution < -0.4 is 10.0 Å². The third-order valence-electron chi connectivity index (χ3n) is 4.20. The van der Waals surface area contributed by atoms with Gasteiger partial charge in [0.25, 0.3) is 0 Å². The minimum absolute atomic E-state index is 0.148. The Bertz CT molecular complexity index is 259. The van der Waals surface area contributed by atoms with E-state index in [1.165, 1.54) is 38.8 Å². The van der Waals surface area contributed by atoms with E-state index in [0.717, 1.165) is 12.5 Å². The normalized spacial score (nSPS) is 35.6. The highest BCUT2D eigenvalue weighted by Gasteiger charge is 2.41. The lowest BCUT2D eigenvalue weighted by Crippen LogP contribution is -2.41. The zero-order valence-corrected chi connectivity index (χ0v) is 12.2. The molecule has 2 aliphatic rings. The molecule has 1 aliphatic carbocycles. The molecule has 0 aromatic rings. The van der Waals surface area contributed by atoms with Crippen LogP contribution in [0, 0.1) is 11.3 Å². The Morgan fingerprint density at radius 3 is 2.76 bits per heavy atom. The Labute approximate surface area is 108 Å². The third kappa shape index (κ3) is 3.37. The van der Waals surface area contributed by atoms with Gasteiger partial charge in [-0.2, -0.15) is 0 Å². The second kappa shape index (κ2) is 5.08. The molecule has 1 saturated carbocycles. The highest BCUT2D eigenvalue weighted by molar-refractivity contribution is 7.90. The molecule has 3 nitrogen and oxygen atoms in total. The van der Waals surface area contributed by atoms with E-state index in [1.807, 2.05) is 20.8 Å². The van der Waals surface area contributed by atoms with Crippen molar-refractivity contribution in [3.63, 3.8) is 0 Å². The van der Waals surface area contributed by atoms with Crippen LogP contribution in [0.2, 0.25) is 0 Å². The van der Waals surface area contributed by atoms with Crippen LogP contribution in [0.4, 0.5) is 0 Å². The lowest BCUT2D eigenvalue weighted by molar-refractivity contribution is 0.319. The van der Waals surface area contributed by atoms with Gasteiger partial charge in [0.15, 0.2) is 0 Å². The largest absolute Gasteiger partial charge is 0.598 e. The van der Waals surface area contributed by atoms with E-state index in [9.17, 15) is 4.55 Å². The maximum absolute atomic E-state index is 11.9. The maximum atomic E-state index is 11.9. The number of nitrogens with one attached hydrogen (secondary N) is 2. The molecule has 17 heavy (non-hydrogen) atoms. The third-order valence-corrected chi connectivity index (χ3v) is 5.74. The van der Waals surface area contributed by atoms with Crippen LogP contribution in [-0.4, -0.2) is 28.9 Å². The van der Waals surface area contributed by atoms with Gasteiger partial charge >= 0.3 is 0 Å². The topological polar surface area (TPSA) is 47.1 Å². The molecule has 100 valence electrons. The van der Waals surface area contributed by atoms with E-state index >= 15 is 0 Å². The summed E-state index contributed by atoms with van der Waals surface area (Å²) in [4.78, 5) is 0. The van der Waals surface area contributed by atoms with E-state index in [-0.39, 0.29) is 4.75 Å². The lowest BCUT2D eigenvalue weighted by Gasteiger charge is -2.25. The van der Waals surface area contributed by atoms with Crippen LogP contribution in [0.1, 0.15) is 46.5 Å². The summed E-state index contributed by atoms with van der Waals surface area (Å²) in [6.45, 7) is 9.37. The molecule has 3 atom stereocenters. The van der Waals surface area contributed by atoms with Crippen molar-refractivity contribution in [1.82, 2.24) is 10.0 Å². The van der Waals surface area contributed by atoms with Gasteiger partial charge < -0.3 is 9.87 Å². The van der Waals surface area contributed by atoms with Gasteiger partial charge in [0.05, 0.1) is 0 Å². The Hall–Kier alpha value is 0.230. The van der Waals surface area contributed by atoms with Crippen molar-refractivity contribution in [2.45, 2.75) is 51.2 Å². The van der Waals surface area contributed by atoms with Gasteiger partial charge in [-0.25, -0.2) is 0 Å². The fourth-order valence-corrected chi connectivity index (χ4v) is 3.91. The van der Waals surface area contributed by atoms with Gasteiger partial charge in [-0.3, -0.25) is 0 Å². The van der Waals surface area contributed by atoms with Crippen LogP contribution in [-0.2, 0) is 11.4 Å². The fourth-order valence-electron chi connectivity index (χ4n) is 3.09. The highest BCUT2D eigenvalue weighted by Crippen LogP contribution is 2.45. The van der Waals surface area contributed by atoms with E-state index in [4.69, 9.17) is 0 Å². The molecule has 1 aliphatic heterocycles. The minimum Gasteiger partial charge on any atom is -0.598 e. The summed E-state index contributed by atoms with van der Waals surface area (Å²) in [5.74, 6) is 0.723. The van der Waals surface area contributed by atoms with E-state index in [1.54, 1.807) is 0 Å². The van der Waals surface area contributed by atoms with Crippen LogP contribution in [0.15, 0.2) is 0 Å².